The van der Waals surface area contributed by atoms with Gasteiger partial charge in [0.25, 0.3) is 0 Å². The molecule has 1 saturated heterocycles. The quantitative estimate of drug-likeness (QED) is 0.0724. The molecule has 328 valence electrons. The van der Waals surface area contributed by atoms with Gasteiger partial charge in [0.1, 0.15) is 18.5 Å². The standard InChI is InChI=1S/C47H72N2O8SSi/c1-11-53-31-38(9)32-54-33-39-15-17-40(18-16-39)47(41-19-22-46-45(27-41)48(24-26-55-46)23-12-25-52-10)56-42-28-43(57-59(34(2)3,35(4)5)36(6)7)30-49(29-42)58(50,51)44-20-13-37(8)14-21-44/h13-22,27,34-36,38,42-43,47H,11-12,23-26,28-33H2,1-10H3/t38?,42-,43+,47?/m1/s1. The van der Waals surface area contributed by atoms with E-state index in [4.69, 9.17) is 28.1 Å². The highest BCUT2D eigenvalue weighted by Gasteiger charge is 2.49. The number of ether oxygens (including phenoxy) is 5. The monoisotopic (exact) mass is 852 g/mol. The number of fused-ring (bicyclic) bond motifs is 1. The van der Waals surface area contributed by atoms with E-state index in [1.54, 1.807) is 23.5 Å². The Hall–Kier alpha value is -2.81. The maximum atomic E-state index is 14.5. The minimum Gasteiger partial charge on any atom is -0.490 e. The third-order valence-electron chi connectivity index (χ3n) is 12.0. The Balaban J connectivity index is 1.51. The number of nitrogens with zero attached hydrogens (tertiary/aromatic N) is 2. The number of anilines is 1. The molecule has 12 heteroatoms. The predicted molar refractivity (Wildman–Crippen MR) is 240 cm³/mol. The molecule has 0 N–H and O–H groups in total. The Morgan fingerprint density at radius 3 is 2.12 bits per heavy atom. The van der Waals surface area contributed by atoms with Gasteiger partial charge in [-0.1, -0.05) is 96.5 Å². The molecule has 1 fully saturated rings. The van der Waals surface area contributed by atoms with Crippen LogP contribution in [0.4, 0.5) is 5.69 Å². The molecule has 10 nitrogen and oxygen atoms in total. The average Bonchev–Trinajstić information content (AvgIpc) is 3.21. The van der Waals surface area contributed by atoms with Crippen LogP contribution in [-0.4, -0.2) is 99.6 Å². The number of hydrogen-bond acceptors (Lipinski definition) is 9. The van der Waals surface area contributed by atoms with Crippen LogP contribution in [0.5, 0.6) is 5.75 Å². The molecule has 5 rings (SSSR count). The zero-order chi connectivity index (χ0) is 42.7. The van der Waals surface area contributed by atoms with E-state index in [1.165, 1.54) is 0 Å². The van der Waals surface area contributed by atoms with Crippen LogP contribution in [0.15, 0.2) is 71.6 Å². The van der Waals surface area contributed by atoms with Gasteiger partial charge in [0.2, 0.25) is 18.3 Å². The van der Waals surface area contributed by atoms with E-state index in [1.807, 2.05) is 32.0 Å². The number of methoxy groups -OCH3 is 1. The first-order valence-electron chi connectivity index (χ1n) is 21.8. The van der Waals surface area contributed by atoms with E-state index in [0.717, 1.165) is 53.2 Å². The van der Waals surface area contributed by atoms with Crippen molar-refractivity contribution in [2.45, 2.75) is 122 Å². The van der Waals surface area contributed by atoms with Gasteiger partial charge in [-0.2, -0.15) is 4.31 Å². The lowest BCUT2D eigenvalue weighted by atomic mass is 9.98. The third-order valence-corrected chi connectivity index (χ3v) is 20.0. The van der Waals surface area contributed by atoms with Crippen molar-refractivity contribution in [3.63, 3.8) is 0 Å². The van der Waals surface area contributed by atoms with E-state index < -0.39 is 30.5 Å². The zero-order valence-corrected chi connectivity index (χ0v) is 39.3. The molecule has 2 aliphatic rings. The number of sulfonamides is 1. The first-order valence-corrected chi connectivity index (χ1v) is 25.4. The largest absolute Gasteiger partial charge is 0.490 e. The van der Waals surface area contributed by atoms with Crippen molar-refractivity contribution >= 4 is 24.0 Å². The highest BCUT2D eigenvalue weighted by molar-refractivity contribution is 7.89. The van der Waals surface area contributed by atoms with Crippen LogP contribution in [0, 0.1) is 12.8 Å². The molecule has 0 aliphatic carbocycles. The predicted octanol–water partition coefficient (Wildman–Crippen LogP) is 9.55. The molecule has 2 unspecified atom stereocenters. The van der Waals surface area contributed by atoms with Crippen LogP contribution < -0.4 is 9.64 Å². The van der Waals surface area contributed by atoms with Crippen molar-refractivity contribution in [3.05, 3.63) is 89.0 Å². The van der Waals surface area contributed by atoms with Gasteiger partial charge in [0.05, 0.1) is 49.2 Å². The second-order valence-electron chi connectivity index (χ2n) is 17.5. The van der Waals surface area contributed by atoms with E-state index in [0.29, 0.717) is 68.6 Å². The van der Waals surface area contributed by atoms with Crippen LogP contribution in [0.1, 0.15) is 96.6 Å². The van der Waals surface area contributed by atoms with Gasteiger partial charge in [0, 0.05) is 52.3 Å². The maximum Gasteiger partial charge on any atom is 0.243 e. The van der Waals surface area contributed by atoms with E-state index in [9.17, 15) is 8.42 Å². The fraction of sp³-hybridized carbons (Fsp3) is 0.617. The smallest absolute Gasteiger partial charge is 0.243 e. The van der Waals surface area contributed by atoms with Gasteiger partial charge in [-0.3, -0.25) is 0 Å². The topological polar surface area (TPSA) is 96.0 Å². The van der Waals surface area contributed by atoms with E-state index in [2.05, 4.69) is 89.8 Å². The van der Waals surface area contributed by atoms with E-state index in [-0.39, 0.29) is 24.1 Å². The molecule has 3 aromatic carbocycles. The van der Waals surface area contributed by atoms with Gasteiger partial charge in [-0.15, -0.1) is 0 Å². The average molecular weight is 853 g/mol. The van der Waals surface area contributed by atoms with Crippen LogP contribution in [0.2, 0.25) is 16.6 Å². The summed E-state index contributed by atoms with van der Waals surface area (Å²) < 4.78 is 68.4. The first kappa shape index (κ1) is 47.2. The summed E-state index contributed by atoms with van der Waals surface area (Å²) in [7, 11) is -4.50. The molecule has 59 heavy (non-hydrogen) atoms. The van der Waals surface area contributed by atoms with Crippen LogP contribution in [0.3, 0.4) is 0 Å². The summed E-state index contributed by atoms with van der Waals surface area (Å²) in [6.45, 7) is 25.7. The molecule has 3 aromatic rings. The Kier molecular flexibility index (Phi) is 17.5. The Morgan fingerprint density at radius 1 is 0.831 bits per heavy atom. The van der Waals surface area contributed by atoms with Crippen molar-refractivity contribution < 1.29 is 36.5 Å². The summed E-state index contributed by atoms with van der Waals surface area (Å²) in [4.78, 5) is 2.65. The molecule has 0 saturated carbocycles. The lowest BCUT2D eigenvalue weighted by Gasteiger charge is -2.47. The maximum absolute atomic E-state index is 14.5. The fourth-order valence-electron chi connectivity index (χ4n) is 9.07. The van der Waals surface area contributed by atoms with Crippen LogP contribution >= 0.6 is 0 Å². The number of piperidine rings is 1. The summed E-state index contributed by atoms with van der Waals surface area (Å²) >= 11 is 0. The van der Waals surface area contributed by atoms with Gasteiger partial charge >= 0.3 is 0 Å². The SMILES string of the molecule is CCOCC(C)COCc1ccc(C(O[C@@H]2C[C@H](O[Si](C(C)C)(C(C)C)C(C)C)CN(S(=O)(=O)c3ccc(C)cc3)C2)c2ccc3c(c2)N(CCCOC)CCO3)cc1. The van der Waals surface area contributed by atoms with Crippen molar-refractivity contribution in [2.24, 2.45) is 5.92 Å². The molecule has 4 atom stereocenters. The molecular weight excluding hydrogens is 781 g/mol. The molecule has 0 aromatic heterocycles. The van der Waals surface area contributed by atoms with Gasteiger partial charge in [-0.05, 0) is 77.8 Å². The fourth-order valence-corrected chi connectivity index (χ4v) is 16.1. The highest BCUT2D eigenvalue weighted by Crippen LogP contribution is 2.45. The Bertz CT molecular complexity index is 1820. The second kappa shape index (κ2) is 21.8. The molecule has 0 amide bonds. The summed E-state index contributed by atoms with van der Waals surface area (Å²) in [5.74, 6) is 1.15. The van der Waals surface area contributed by atoms with Gasteiger partial charge in [0.15, 0.2) is 0 Å². The summed E-state index contributed by atoms with van der Waals surface area (Å²) in [5.41, 5.74) is 6.10. The Labute approximate surface area is 357 Å². The van der Waals surface area contributed by atoms with Crippen molar-refractivity contribution in [1.82, 2.24) is 4.31 Å². The minimum atomic E-state index is -3.85. The molecule has 0 bridgehead atoms. The Morgan fingerprint density at radius 2 is 1.47 bits per heavy atom. The van der Waals surface area contributed by atoms with Crippen LogP contribution in [0.25, 0.3) is 0 Å². The normalized spacial score (nSPS) is 19.0. The molecule has 2 heterocycles. The summed E-state index contributed by atoms with van der Waals surface area (Å²) in [5, 5.41) is 0. The summed E-state index contributed by atoms with van der Waals surface area (Å²) in [6.07, 6.45) is 0.222. The number of hydrogen-bond donors (Lipinski definition) is 0. The van der Waals surface area contributed by atoms with Gasteiger partial charge in [-0.25, -0.2) is 8.42 Å². The second-order valence-corrected chi connectivity index (χ2v) is 24.8. The summed E-state index contributed by atoms with van der Waals surface area (Å²) in [6, 6.07) is 21.9. The van der Waals surface area contributed by atoms with E-state index >= 15 is 0 Å². The lowest BCUT2D eigenvalue weighted by molar-refractivity contribution is -0.0505. The van der Waals surface area contributed by atoms with Crippen molar-refractivity contribution in [2.75, 3.05) is 71.2 Å². The number of aryl methyl sites for hydroxylation is 1. The zero-order valence-electron chi connectivity index (χ0n) is 37.4. The first-order chi connectivity index (χ1) is 28.2. The third kappa shape index (κ3) is 12.0. The molecular formula is C47H72N2O8SSi. The van der Waals surface area contributed by atoms with Crippen LogP contribution in [-0.2, 0) is 40.0 Å². The van der Waals surface area contributed by atoms with Crippen molar-refractivity contribution in [1.29, 1.82) is 0 Å². The molecule has 2 aliphatic heterocycles. The van der Waals surface area contributed by atoms with Crippen molar-refractivity contribution in [3.8, 4) is 5.75 Å². The van der Waals surface area contributed by atoms with Gasteiger partial charge < -0.3 is 33.0 Å². The lowest BCUT2D eigenvalue weighted by Crippen LogP contribution is -2.56. The minimum absolute atomic E-state index is 0.217. The highest BCUT2D eigenvalue weighted by atomic mass is 32.2. The number of rotatable bonds is 22. The number of benzene rings is 3. The molecule has 0 radical (unpaired) electrons. The molecule has 0 spiro atoms.